The van der Waals surface area contributed by atoms with Gasteiger partial charge >= 0.3 is 5.97 Å². The van der Waals surface area contributed by atoms with Crippen LogP contribution < -0.4 is 5.32 Å². The normalized spacial score (nSPS) is 17.3. The van der Waals surface area contributed by atoms with Crippen LogP contribution in [0.3, 0.4) is 0 Å². The van der Waals surface area contributed by atoms with Crippen LogP contribution in [-0.2, 0) is 9.53 Å². The third kappa shape index (κ3) is 4.48. The van der Waals surface area contributed by atoms with Crippen LogP contribution in [-0.4, -0.2) is 31.6 Å². The molecule has 0 aliphatic heterocycles. The lowest BCUT2D eigenvalue weighted by atomic mass is 10.0. The van der Waals surface area contributed by atoms with E-state index in [1.54, 1.807) is 0 Å². The summed E-state index contributed by atoms with van der Waals surface area (Å²) in [6.45, 7) is 2.16. The maximum atomic E-state index is 11.4. The van der Waals surface area contributed by atoms with Gasteiger partial charge < -0.3 is 10.1 Å². The number of thioether (sulfide) groups is 1. The fraction of sp³-hybridized carbons (Fsp3) is 0.588. The van der Waals surface area contributed by atoms with Crippen molar-refractivity contribution in [3.63, 3.8) is 0 Å². The molecule has 3 nitrogen and oxygen atoms in total. The molecule has 2 rings (SSSR count). The Kier molecular flexibility index (Phi) is 5.71. The van der Waals surface area contributed by atoms with Gasteiger partial charge in [0.15, 0.2) is 0 Å². The van der Waals surface area contributed by atoms with Gasteiger partial charge in [-0.2, -0.15) is 11.8 Å². The van der Waals surface area contributed by atoms with Crippen molar-refractivity contribution < 1.29 is 9.53 Å². The van der Waals surface area contributed by atoms with Crippen molar-refractivity contribution in [2.45, 2.75) is 32.2 Å². The molecule has 1 aliphatic rings. The predicted molar refractivity (Wildman–Crippen MR) is 88.6 cm³/mol. The van der Waals surface area contributed by atoms with E-state index >= 15 is 0 Å². The van der Waals surface area contributed by atoms with Gasteiger partial charge in [-0.25, -0.2) is 0 Å². The van der Waals surface area contributed by atoms with E-state index < -0.39 is 0 Å². The quantitative estimate of drug-likeness (QED) is 0.748. The van der Waals surface area contributed by atoms with Gasteiger partial charge in [-0.05, 0) is 49.1 Å². The first-order valence-corrected chi connectivity index (χ1v) is 8.63. The molecular formula is C17H25NO2S. The monoisotopic (exact) mass is 307 g/mol. The van der Waals surface area contributed by atoms with Crippen LogP contribution in [0.5, 0.6) is 0 Å². The first kappa shape index (κ1) is 16.4. The number of hydrogen-bond acceptors (Lipinski definition) is 4. The molecule has 1 aliphatic carbocycles. The van der Waals surface area contributed by atoms with E-state index in [0.29, 0.717) is 12.5 Å². The average molecular weight is 307 g/mol. The molecule has 116 valence electrons. The van der Waals surface area contributed by atoms with Gasteiger partial charge in [-0.15, -0.1) is 0 Å². The lowest BCUT2D eigenvalue weighted by Crippen LogP contribution is -2.21. The van der Waals surface area contributed by atoms with Crippen molar-refractivity contribution in [2.75, 3.05) is 25.7 Å². The molecule has 21 heavy (non-hydrogen) atoms. The van der Waals surface area contributed by atoms with Gasteiger partial charge in [0.05, 0.1) is 13.5 Å². The molecular weight excluding hydrogens is 282 g/mol. The molecule has 0 spiro atoms. The zero-order valence-electron chi connectivity index (χ0n) is 13.1. The molecule has 1 unspecified atom stereocenters. The van der Waals surface area contributed by atoms with E-state index in [1.165, 1.54) is 18.2 Å². The Hall–Kier alpha value is -1.00. The largest absolute Gasteiger partial charge is 0.469 e. The molecule has 1 aromatic rings. The third-order valence-electron chi connectivity index (χ3n) is 4.31. The minimum Gasteiger partial charge on any atom is -0.469 e. The van der Waals surface area contributed by atoms with Crippen molar-refractivity contribution in [3.8, 4) is 0 Å². The summed E-state index contributed by atoms with van der Waals surface area (Å²) in [6, 6.07) is 8.89. The summed E-state index contributed by atoms with van der Waals surface area (Å²) in [5.74, 6) is 2.01. The molecule has 1 aromatic carbocycles. The highest BCUT2D eigenvalue weighted by atomic mass is 32.2. The second kappa shape index (κ2) is 7.32. The second-order valence-corrected chi connectivity index (χ2v) is 7.00. The molecule has 1 fully saturated rings. The number of methoxy groups -OCH3 is 1. The minimum absolute atomic E-state index is 0.0721. The summed E-state index contributed by atoms with van der Waals surface area (Å²) >= 11 is 1.94. The SMILES string of the molecule is CNC(CSCC1(CC(=O)OC)CC1)c1ccccc1C. The zero-order chi connectivity index (χ0) is 15.3. The fourth-order valence-electron chi connectivity index (χ4n) is 2.63. The highest BCUT2D eigenvalue weighted by Crippen LogP contribution is 2.51. The van der Waals surface area contributed by atoms with Crippen LogP contribution in [0.1, 0.15) is 36.4 Å². The number of carbonyl (C=O) groups excluding carboxylic acids is 1. The molecule has 1 saturated carbocycles. The number of benzene rings is 1. The molecule has 1 atom stereocenters. The van der Waals surface area contributed by atoms with Crippen LogP contribution in [0.2, 0.25) is 0 Å². The van der Waals surface area contributed by atoms with Crippen LogP contribution in [0.15, 0.2) is 24.3 Å². The number of hydrogen-bond donors (Lipinski definition) is 1. The molecule has 0 aromatic heterocycles. The number of esters is 1. The first-order valence-electron chi connectivity index (χ1n) is 7.47. The van der Waals surface area contributed by atoms with E-state index in [-0.39, 0.29) is 11.4 Å². The summed E-state index contributed by atoms with van der Waals surface area (Å²) in [6.07, 6.45) is 2.89. The highest BCUT2D eigenvalue weighted by Gasteiger charge is 2.44. The molecule has 1 N–H and O–H groups in total. The second-order valence-electron chi connectivity index (χ2n) is 5.97. The van der Waals surface area contributed by atoms with Gasteiger partial charge in [0, 0.05) is 11.8 Å². The van der Waals surface area contributed by atoms with Gasteiger partial charge in [0.2, 0.25) is 0 Å². The van der Waals surface area contributed by atoms with Gasteiger partial charge in [0.25, 0.3) is 0 Å². The maximum absolute atomic E-state index is 11.4. The van der Waals surface area contributed by atoms with Gasteiger partial charge in [-0.1, -0.05) is 24.3 Å². The Bertz CT molecular complexity index is 485. The Labute approximate surface area is 131 Å². The Morgan fingerprint density at radius 3 is 2.71 bits per heavy atom. The van der Waals surface area contributed by atoms with Crippen molar-refractivity contribution >= 4 is 17.7 Å². The van der Waals surface area contributed by atoms with Crippen LogP contribution >= 0.6 is 11.8 Å². The van der Waals surface area contributed by atoms with Crippen molar-refractivity contribution in [3.05, 3.63) is 35.4 Å². The number of rotatable bonds is 8. The van der Waals surface area contributed by atoms with Gasteiger partial charge in [0.1, 0.15) is 0 Å². The standard InChI is InChI=1S/C17H25NO2S/c1-13-6-4-5-7-14(13)15(18-2)11-21-12-17(8-9-17)10-16(19)20-3/h4-7,15,18H,8-12H2,1-3H3. The third-order valence-corrected chi connectivity index (χ3v) is 5.69. The summed E-state index contributed by atoms with van der Waals surface area (Å²) in [7, 11) is 3.49. The summed E-state index contributed by atoms with van der Waals surface area (Å²) in [5, 5.41) is 3.41. The van der Waals surface area contributed by atoms with Crippen molar-refractivity contribution in [1.82, 2.24) is 5.32 Å². The molecule has 0 amide bonds. The summed E-state index contributed by atoms with van der Waals surface area (Å²) in [5.41, 5.74) is 2.90. The Morgan fingerprint density at radius 1 is 1.43 bits per heavy atom. The van der Waals surface area contributed by atoms with Crippen molar-refractivity contribution in [2.24, 2.45) is 5.41 Å². The molecule has 0 bridgehead atoms. The van der Waals surface area contributed by atoms with Crippen molar-refractivity contribution in [1.29, 1.82) is 0 Å². The highest BCUT2D eigenvalue weighted by molar-refractivity contribution is 7.99. The van der Waals surface area contributed by atoms with Gasteiger partial charge in [-0.3, -0.25) is 4.79 Å². The molecule has 0 radical (unpaired) electrons. The van der Waals surface area contributed by atoms with E-state index in [9.17, 15) is 4.79 Å². The number of ether oxygens (including phenoxy) is 1. The average Bonchev–Trinajstić information content (AvgIpc) is 3.24. The Balaban J connectivity index is 1.84. The lowest BCUT2D eigenvalue weighted by Gasteiger charge is -2.20. The number of nitrogens with one attached hydrogen (secondary N) is 1. The van der Waals surface area contributed by atoms with Crippen LogP contribution in [0.4, 0.5) is 0 Å². The Morgan fingerprint density at radius 2 is 2.14 bits per heavy atom. The topological polar surface area (TPSA) is 38.3 Å². The number of aryl methyl sites for hydroxylation is 1. The molecule has 4 heteroatoms. The summed E-state index contributed by atoms with van der Waals surface area (Å²) < 4.78 is 4.80. The lowest BCUT2D eigenvalue weighted by molar-refractivity contribution is -0.141. The molecule has 0 saturated heterocycles. The van der Waals surface area contributed by atoms with E-state index in [2.05, 4.69) is 36.5 Å². The van der Waals surface area contributed by atoms with E-state index in [0.717, 1.165) is 24.3 Å². The smallest absolute Gasteiger partial charge is 0.306 e. The van der Waals surface area contributed by atoms with E-state index in [1.807, 2.05) is 18.8 Å². The van der Waals surface area contributed by atoms with E-state index in [4.69, 9.17) is 4.74 Å². The molecule has 0 heterocycles. The maximum Gasteiger partial charge on any atom is 0.306 e. The van der Waals surface area contributed by atoms with Crippen LogP contribution in [0.25, 0.3) is 0 Å². The fourth-order valence-corrected chi connectivity index (χ4v) is 4.15. The summed E-state index contributed by atoms with van der Waals surface area (Å²) in [4.78, 5) is 11.4. The predicted octanol–water partition coefficient (Wildman–Crippen LogP) is 3.33. The minimum atomic E-state index is -0.0721. The first-order chi connectivity index (χ1) is 10.1. The number of carbonyl (C=O) groups is 1. The zero-order valence-corrected chi connectivity index (χ0v) is 14.0. The van der Waals surface area contributed by atoms with Crippen LogP contribution in [0, 0.1) is 12.3 Å².